The predicted octanol–water partition coefficient (Wildman–Crippen LogP) is 0.530. The maximum Gasteiger partial charge on any atom is 0.263 e. The standard InChI is InChI=1S/C6H8N2.H2O3S2/c7-5-1-2-6(8)4-3-5;1-5(2,3)4/h1-4H,7-8H2;(H2,1,2,3,4). The minimum Gasteiger partial charge on any atom is -0.399 e. The summed E-state index contributed by atoms with van der Waals surface area (Å²) < 4.78 is 24.0. The van der Waals surface area contributed by atoms with E-state index in [-0.39, 0.29) is 0 Å². The lowest BCUT2D eigenvalue weighted by atomic mass is 10.3. The van der Waals surface area contributed by atoms with Crippen LogP contribution in [0.2, 0.25) is 0 Å². The summed E-state index contributed by atoms with van der Waals surface area (Å²) in [5.74, 6) is 0. The van der Waals surface area contributed by atoms with Crippen LogP contribution < -0.4 is 11.5 Å². The minimum absolute atomic E-state index is 0.749. The van der Waals surface area contributed by atoms with E-state index in [1.807, 2.05) is 0 Å². The van der Waals surface area contributed by atoms with E-state index in [1.165, 1.54) is 0 Å². The summed E-state index contributed by atoms with van der Waals surface area (Å²) in [7, 11) is -3.83. The molecule has 0 unspecified atom stereocenters. The zero-order valence-corrected chi connectivity index (χ0v) is 8.22. The van der Waals surface area contributed by atoms with Crippen LogP contribution in [0.3, 0.4) is 0 Å². The topological polar surface area (TPSA) is 110 Å². The van der Waals surface area contributed by atoms with E-state index < -0.39 is 9.05 Å². The van der Waals surface area contributed by atoms with Crippen LogP contribution in [0.1, 0.15) is 0 Å². The number of nitrogen functional groups attached to an aromatic ring is 2. The monoisotopic (exact) mass is 222 g/mol. The average molecular weight is 222 g/mol. The first-order valence-electron chi connectivity index (χ1n) is 3.10. The van der Waals surface area contributed by atoms with Crippen LogP contribution >= 0.6 is 0 Å². The number of hydrogen-bond acceptors (Lipinski definition) is 4. The Morgan fingerprint density at radius 2 is 1.23 bits per heavy atom. The van der Waals surface area contributed by atoms with Crippen molar-refractivity contribution in [3.63, 3.8) is 0 Å². The Kier molecular flexibility index (Phi) is 4.63. The summed E-state index contributed by atoms with van der Waals surface area (Å²) in [6.45, 7) is 0. The van der Waals surface area contributed by atoms with Crippen molar-refractivity contribution in [2.24, 2.45) is 0 Å². The molecule has 0 saturated carbocycles. The van der Waals surface area contributed by atoms with Crippen molar-refractivity contribution in [3.05, 3.63) is 24.3 Å². The van der Waals surface area contributed by atoms with Crippen LogP contribution in [0.5, 0.6) is 0 Å². The lowest BCUT2D eigenvalue weighted by Gasteiger charge is -1.90. The molecule has 7 heteroatoms. The molecule has 0 saturated heterocycles. The van der Waals surface area contributed by atoms with E-state index >= 15 is 0 Å². The molecular weight excluding hydrogens is 212 g/mol. The summed E-state index contributed by atoms with van der Waals surface area (Å²) in [6, 6.07) is 7.09. The first-order chi connectivity index (χ1) is 5.79. The second-order valence-corrected chi connectivity index (χ2v) is 4.31. The molecule has 0 bridgehead atoms. The molecule has 0 aromatic heterocycles. The van der Waals surface area contributed by atoms with Gasteiger partial charge in [-0.1, -0.05) is 0 Å². The molecule has 6 N–H and O–H groups in total. The summed E-state index contributed by atoms with van der Waals surface area (Å²) >= 11 is 3.47. The van der Waals surface area contributed by atoms with Gasteiger partial charge in [0, 0.05) is 22.6 Å². The maximum absolute atomic E-state index is 9.11. The molecule has 0 amide bonds. The Balaban J connectivity index is 0.000000252. The summed E-state index contributed by atoms with van der Waals surface area (Å²) in [5, 5.41) is 0. The zero-order valence-electron chi connectivity index (χ0n) is 6.58. The second-order valence-electron chi connectivity index (χ2n) is 2.11. The van der Waals surface area contributed by atoms with Crippen molar-refractivity contribution in [3.8, 4) is 0 Å². The van der Waals surface area contributed by atoms with Crippen LogP contribution in [0, 0.1) is 0 Å². The van der Waals surface area contributed by atoms with Gasteiger partial charge in [0.15, 0.2) is 0 Å². The van der Waals surface area contributed by atoms with Crippen LogP contribution in [-0.4, -0.2) is 13.3 Å². The van der Waals surface area contributed by atoms with Crippen LogP contribution in [0.15, 0.2) is 24.3 Å². The van der Waals surface area contributed by atoms with Gasteiger partial charge in [-0.05, 0) is 24.3 Å². The summed E-state index contributed by atoms with van der Waals surface area (Å²) in [6.07, 6.45) is 0. The van der Waals surface area contributed by atoms with E-state index in [0.29, 0.717) is 0 Å². The van der Waals surface area contributed by atoms with Crippen molar-refractivity contribution < 1.29 is 13.3 Å². The van der Waals surface area contributed by atoms with Crippen LogP contribution in [0.25, 0.3) is 0 Å². The fraction of sp³-hybridized carbons (Fsp3) is 0. The molecule has 0 aliphatic rings. The molecule has 13 heavy (non-hydrogen) atoms. The first-order valence-corrected chi connectivity index (χ1v) is 5.49. The van der Waals surface area contributed by atoms with E-state index in [4.69, 9.17) is 24.8 Å². The second kappa shape index (κ2) is 4.97. The number of rotatable bonds is 0. The number of anilines is 2. The Morgan fingerprint density at radius 1 is 1.08 bits per heavy atom. The Morgan fingerprint density at radius 3 is 1.38 bits per heavy atom. The number of benzene rings is 1. The molecule has 1 rings (SSSR count). The fourth-order valence-electron chi connectivity index (χ4n) is 0.496. The molecule has 0 heterocycles. The average Bonchev–Trinajstić information content (AvgIpc) is 1.92. The fourth-order valence-corrected chi connectivity index (χ4v) is 0.496. The summed E-state index contributed by atoms with van der Waals surface area (Å²) in [5.41, 5.74) is 12.2. The highest BCUT2D eigenvalue weighted by Gasteiger charge is 1.80. The van der Waals surface area contributed by atoms with E-state index in [9.17, 15) is 0 Å². The van der Waals surface area contributed by atoms with E-state index in [0.717, 1.165) is 11.4 Å². The van der Waals surface area contributed by atoms with Gasteiger partial charge in [0.2, 0.25) is 0 Å². The third-order valence-corrected chi connectivity index (χ3v) is 0.936. The molecule has 0 radical (unpaired) electrons. The van der Waals surface area contributed by atoms with Gasteiger partial charge in [-0.3, -0.25) is 9.11 Å². The van der Waals surface area contributed by atoms with Gasteiger partial charge in [0.05, 0.1) is 0 Å². The third kappa shape index (κ3) is 11.1. The highest BCUT2D eigenvalue weighted by Crippen LogP contribution is 2.04. The minimum atomic E-state index is -3.83. The van der Waals surface area contributed by atoms with Gasteiger partial charge in [0.25, 0.3) is 9.05 Å². The largest absolute Gasteiger partial charge is 0.399 e. The first kappa shape index (κ1) is 12.1. The maximum atomic E-state index is 9.11. The highest BCUT2D eigenvalue weighted by atomic mass is 32.9. The predicted molar refractivity (Wildman–Crippen MR) is 56.0 cm³/mol. The van der Waals surface area contributed by atoms with Crippen molar-refractivity contribution >= 4 is 31.6 Å². The molecule has 1 aromatic carbocycles. The highest BCUT2D eigenvalue weighted by molar-refractivity contribution is 8.26. The van der Waals surface area contributed by atoms with Gasteiger partial charge < -0.3 is 11.5 Å². The SMILES string of the molecule is Nc1ccc(N)cc1.O=S(O)(O)=S. The van der Waals surface area contributed by atoms with Crippen molar-refractivity contribution in [1.29, 1.82) is 0 Å². The molecule has 0 aliphatic carbocycles. The van der Waals surface area contributed by atoms with Gasteiger partial charge in [-0.15, -0.1) is 0 Å². The number of nitrogens with two attached hydrogens (primary N) is 2. The molecule has 5 nitrogen and oxygen atoms in total. The van der Waals surface area contributed by atoms with E-state index in [2.05, 4.69) is 11.2 Å². The zero-order chi connectivity index (χ0) is 10.5. The molecule has 74 valence electrons. The lowest BCUT2D eigenvalue weighted by molar-refractivity contribution is 0.450. The normalized spacial score (nSPS) is 10.0. The van der Waals surface area contributed by atoms with Gasteiger partial charge in [-0.25, -0.2) is 0 Å². The Bertz CT molecular complexity index is 318. The van der Waals surface area contributed by atoms with Crippen molar-refractivity contribution in [2.45, 2.75) is 0 Å². The third-order valence-electron chi connectivity index (χ3n) is 0.936. The van der Waals surface area contributed by atoms with Crippen LogP contribution in [-0.2, 0) is 20.2 Å². The molecule has 0 atom stereocenters. The van der Waals surface area contributed by atoms with Gasteiger partial charge in [0.1, 0.15) is 0 Å². The molecular formula is C6H10N2O3S2. The quantitative estimate of drug-likeness (QED) is 0.477. The molecule has 0 spiro atoms. The van der Waals surface area contributed by atoms with Crippen LogP contribution in [0.4, 0.5) is 11.4 Å². The lowest BCUT2D eigenvalue weighted by Crippen LogP contribution is -1.86. The molecule has 1 aromatic rings. The molecule has 0 fully saturated rings. The van der Waals surface area contributed by atoms with Crippen molar-refractivity contribution in [1.82, 2.24) is 0 Å². The Hall–Kier alpha value is -0.890. The smallest absolute Gasteiger partial charge is 0.263 e. The Labute approximate surface area is 81.1 Å². The van der Waals surface area contributed by atoms with Crippen molar-refractivity contribution in [2.75, 3.05) is 11.5 Å². The van der Waals surface area contributed by atoms with Gasteiger partial charge >= 0.3 is 0 Å². The summed E-state index contributed by atoms with van der Waals surface area (Å²) in [4.78, 5) is 0. The molecule has 0 aliphatic heterocycles. The van der Waals surface area contributed by atoms with Gasteiger partial charge in [-0.2, -0.15) is 4.21 Å². The number of hydrogen-bond donors (Lipinski definition) is 4. The van der Waals surface area contributed by atoms with E-state index in [1.54, 1.807) is 24.3 Å².